The number of amides is 1. The fourth-order valence-corrected chi connectivity index (χ4v) is 6.04. The molecule has 1 fully saturated rings. The molecule has 1 saturated heterocycles. The number of morpholine rings is 1. The lowest BCUT2D eigenvalue weighted by Gasteiger charge is -2.29. The Morgan fingerprint density at radius 2 is 2.03 bits per heavy atom. The van der Waals surface area contributed by atoms with E-state index in [0.717, 1.165) is 42.8 Å². The summed E-state index contributed by atoms with van der Waals surface area (Å²) in [6.45, 7) is 8.44. The van der Waals surface area contributed by atoms with Crippen molar-refractivity contribution in [3.63, 3.8) is 0 Å². The molecular formula is C23H27N5O2S2. The number of anilines is 1. The number of thioether (sulfide) groups is 1. The van der Waals surface area contributed by atoms with Gasteiger partial charge in [0.25, 0.3) is 0 Å². The summed E-state index contributed by atoms with van der Waals surface area (Å²) in [7, 11) is 0. The monoisotopic (exact) mass is 469 g/mol. The Labute approximate surface area is 196 Å². The molecule has 1 unspecified atom stereocenters. The fourth-order valence-electron chi connectivity index (χ4n) is 4.20. The lowest BCUT2D eigenvalue weighted by atomic mass is 10.1. The van der Waals surface area contributed by atoms with E-state index in [1.807, 2.05) is 17.9 Å². The molecule has 1 aromatic carbocycles. The largest absolute Gasteiger partial charge is 0.378 e. The molecule has 0 saturated carbocycles. The summed E-state index contributed by atoms with van der Waals surface area (Å²) in [5.74, 6) is 0.959. The van der Waals surface area contributed by atoms with Gasteiger partial charge in [-0.3, -0.25) is 9.36 Å². The zero-order chi connectivity index (χ0) is 22.1. The van der Waals surface area contributed by atoms with E-state index in [-0.39, 0.29) is 11.2 Å². The second-order valence-corrected chi connectivity index (χ2v) is 10.5. The van der Waals surface area contributed by atoms with E-state index in [1.165, 1.54) is 27.8 Å². The summed E-state index contributed by atoms with van der Waals surface area (Å²) in [5, 5.41) is 11.7. The van der Waals surface area contributed by atoms with Crippen molar-refractivity contribution in [3.8, 4) is 5.69 Å². The van der Waals surface area contributed by atoms with Crippen molar-refractivity contribution in [2.75, 3.05) is 37.7 Å². The maximum absolute atomic E-state index is 13.3. The number of rotatable bonds is 5. The third-order valence-electron chi connectivity index (χ3n) is 5.92. The SMILES string of the molecule is Cc1cccc(-n2c(SC(C)C(=O)N3CCc4sccc4C3)nnc2N2CCOCC2)c1. The van der Waals surface area contributed by atoms with Gasteiger partial charge in [-0.2, -0.15) is 0 Å². The number of aryl methyl sites for hydroxylation is 1. The van der Waals surface area contributed by atoms with Crippen LogP contribution in [0.15, 0.2) is 40.9 Å². The summed E-state index contributed by atoms with van der Waals surface area (Å²) in [5.41, 5.74) is 3.47. The maximum Gasteiger partial charge on any atom is 0.236 e. The molecule has 7 nitrogen and oxygen atoms in total. The van der Waals surface area contributed by atoms with Crippen LogP contribution in [0.3, 0.4) is 0 Å². The van der Waals surface area contributed by atoms with E-state index < -0.39 is 0 Å². The number of nitrogens with zero attached hydrogens (tertiary/aromatic N) is 5. The van der Waals surface area contributed by atoms with Crippen LogP contribution in [-0.4, -0.2) is 63.7 Å². The summed E-state index contributed by atoms with van der Waals surface area (Å²) in [4.78, 5) is 18.9. The first-order valence-corrected chi connectivity index (χ1v) is 12.7. The van der Waals surface area contributed by atoms with Gasteiger partial charge in [0.2, 0.25) is 11.9 Å². The van der Waals surface area contributed by atoms with Gasteiger partial charge < -0.3 is 14.5 Å². The Bertz CT molecular complexity index is 1110. The van der Waals surface area contributed by atoms with Crippen LogP contribution in [0.5, 0.6) is 0 Å². The molecular weight excluding hydrogens is 442 g/mol. The number of aromatic nitrogens is 3. The molecule has 0 aliphatic carbocycles. The lowest BCUT2D eigenvalue weighted by Crippen LogP contribution is -2.39. The first-order chi connectivity index (χ1) is 15.6. The Balaban J connectivity index is 1.40. The molecule has 0 radical (unpaired) electrons. The highest BCUT2D eigenvalue weighted by Gasteiger charge is 2.29. The van der Waals surface area contributed by atoms with Gasteiger partial charge in [0.05, 0.1) is 24.2 Å². The van der Waals surface area contributed by atoms with E-state index in [1.54, 1.807) is 11.3 Å². The Kier molecular flexibility index (Phi) is 6.21. The second kappa shape index (κ2) is 9.25. The van der Waals surface area contributed by atoms with Crippen molar-refractivity contribution in [3.05, 3.63) is 51.7 Å². The third kappa shape index (κ3) is 4.29. The molecule has 1 atom stereocenters. The summed E-state index contributed by atoms with van der Waals surface area (Å²) in [6.07, 6.45) is 0.941. The average Bonchev–Trinajstić information content (AvgIpc) is 3.45. The predicted molar refractivity (Wildman–Crippen MR) is 128 cm³/mol. The topological polar surface area (TPSA) is 63.5 Å². The minimum Gasteiger partial charge on any atom is -0.378 e. The molecule has 168 valence electrons. The highest BCUT2D eigenvalue weighted by molar-refractivity contribution is 8.00. The van der Waals surface area contributed by atoms with Gasteiger partial charge in [0.1, 0.15) is 0 Å². The van der Waals surface area contributed by atoms with Gasteiger partial charge in [0, 0.05) is 31.1 Å². The first kappa shape index (κ1) is 21.5. The van der Waals surface area contributed by atoms with Crippen LogP contribution >= 0.6 is 23.1 Å². The summed E-state index contributed by atoms with van der Waals surface area (Å²) in [6, 6.07) is 10.5. The minimum absolute atomic E-state index is 0.151. The smallest absolute Gasteiger partial charge is 0.236 e. The zero-order valence-electron chi connectivity index (χ0n) is 18.4. The van der Waals surface area contributed by atoms with Gasteiger partial charge in [0.15, 0.2) is 5.16 Å². The molecule has 1 amide bonds. The Morgan fingerprint density at radius 1 is 1.19 bits per heavy atom. The molecule has 0 bridgehead atoms. The number of benzene rings is 1. The third-order valence-corrected chi connectivity index (χ3v) is 7.97. The molecule has 3 aromatic rings. The van der Waals surface area contributed by atoms with Crippen LogP contribution in [0.25, 0.3) is 5.69 Å². The number of carbonyl (C=O) groups is 1. The summed E-state index contributed by atoms with van der Waals surface area (Å²) >= 11 is 3.27. The van der Waals surface area contributed by atoms with Crippen molar-refractivity contribution < 1.29 is 9.53 Å². The van der Waals surface area contributed by atoms with Gasteiger partial charge in [-0.25, -0.2) is 0 Å². The van der Waals surface area contributed by atoms with Gasteiger partial charge in [-0.1, -0.05) is 23.9 Å². The molecule has 5 rings (SSSR count). The fraction of sp³-hybridized carbons (Fsp3) is 0.435. The van der Waals surface area contributed by atoms with E-state index in [4.69, 9.17) is 4.74 Å². The van der Waals surface area contributed by atoms with Gasteiger partial charge in [-0.05, 0) is 55.0 Å². The number of hydrogen-bond donors (Lipinski definition) is 0. The molecule has 0 N–H and O–H groups in total. The maximum atomic E-state index is 13.3. The molecule has 2 aliphatic rings. The first-order valence-electron chi connectivity index (χ1n) is 11.0. The Hall–Kier alpha value is -2.36. The van der Waals surface area contributed by atoms with Crippen LogP contribution in [0.2, 0.25) is 0 Å². The number of fused-ring (bicyclic) bond motifs is 1. The molecule has 2 aliphatic heterocycles. The summed E-state index contributed by atoms with van der Waals surface area (Å²) < 4.78 is 7.60. The van der Waals surface area contributed by atoms with Gasteiger partial charge in [-0.15, -0.1) is 21.5 Å². The lowest BCUT2D eigenvalue weighted by molar-refractivity contribution is -0.131. The van der Waals surface area contributed by atoms with Crippen molar-refractivity contribution in [2.24, 2.45) is 0 Å². The molecule has 32 heavy (non-hydrogen) atoms. The van der Waals surface area contributed by atoms with E-state index in [2.05, 4.69) is 56.2 Å². The van der Waals surface area contributed by atoms with Crippen LogP contribution in [0.4, 0.5) is 5.95 Å². The van der Waals surface area contributed by atoms with Crippen molar-refractivity contribution >= 4 is 35.0 Å². The van der Waals surface area contributed by atoms with Crippen LogP contribution in [0, 0.1) is 6.92 Å². The van der Waals surface area contributed by atoms with Crippen LogP contribution in [-0.2, 0) is 22.5 Å². The van der Waals surface area contributed by atoms with Crippen molar-refractivity contribution in [1.29, 1.82) is 0 Å². The van der Waals surface area contributed by atoms with Gasteiger partial charge >= 0.3 is 0 Å². The number of hydrogen-bond acceptors (Lipinski definition) is 7. The van der Waals surface area contributed by atoms with Crippen LogP contribution < -0.4 is 4.90 Å². The highest BCUT2D eigenvalue weighted by Crippen LogP contribution is 2.32. The van der Waals surface area contributed by atoms with Crippen molar-refractivity contribution in [1.82, 2.24) is 19.7 Å². The Morgan fingerprint density at radius 3 is 2.84 bits per heavy atom. The van der Waals surface area contributed by atoms with Crippen LogP contribution in [0.1, 0.15) is 22.9 Å². The highest BCUT2D eigenvalue weighted by atomic mass is 32.2. The second-order valence-electron chi connectivity index (χ2n) is 8.20. The van der Waals surface area contributed by atoms with Crippen molar-refractivity contribution in [2.45, 2.75) is 37.2 Å². The van der Waals surface area contributed by atoms with E-state index >= 15 is 0 Å². The standard InChI is InChI=1S/C23H27N5O2S2/c1-16-4-3-5-19(14-16)28-22(26-9-11-30-12-10-26)24-25-23(28)32-17(2)21(29)27-8-6-20-18(15-27)7-13-31-20/h3-5,7,13-14,17H,6,8-12,15H2,1-2H3. The van der Waals surface area contributed by atoms with E-state index in [0.29, 0.717) is 19.8 Å². The predicted octanol–water partition coefficient (Wildman–Crippen LogP) is 3.54. The minimum atomic E-state index is -0.250. The number of thiophene rings is 1. The molecule has 4 heterocycles. The number of carbonyl (C=O) groups excluding carboxylic acids is 1. The average molecular weight is 470 g/mol. The normalized spacial score (nSPS) is 17.3. The molecule has 9 heteroatoms. The quantitative estimate of drug-likeness (QED) is 0.533. The number of ether oxygens (including phenoxy) is 1. The van der Waals surface area contributed by atoms with E-state index in [9.17, 15) is 4.79 Å². The molecule has 2 aromatic heterocycles. The molecule has 0 spiro atoms. The zero-order valence-corrected chi connectivity index (χ0v) is 20.0.